The Hall–Kier alpha value is -7.56. The third-order valence-electron chi connectivity index (χ3n) is 11.3. The molecule has 0 atom stereocenters. The van der Waals surface area contributed by atoms with Gasteiger partial charge >= 0.3 is 0 Å². The zero-order valence-corrected chi connectivity index (χ0v) is 30.1. The predicted octanol–water partition coefficient (Wildman–Crippen LogP) is 15.3. The number of anilines is 3. The van der Waals surface area contributed by atoms with Gasteiger partial charge in [-0.25, -0.2) is 0 Å². The number of hydrogen-bond acceptors (Lipinski definition) is 4. The molecule has 0 aliphatic carbocycles. The molecule has 0 aliphatic heterocycles. The summed E-state index contributed by atoms with van der Waals surface area (Å²) >= 11 is 0. The van der Waals surface area contributed by atoms with Crippen molar-refractivity contribution in [2.24, 2.45) is 0 Å². The van der Waals surface area contributed by atoms with E-state index in [4.69, 9.17) is 13.3 Å². The van der Waals surface area contributed by atoms with Gasteiger partial charge in [0.25, 0.3) is 0 Å². The van der Waals surface area contributed by atoms with Crippen molar-refractivity contribution in [3.8, 4) is 22.3 Å². The van der Waals surface area contributed by atoms with Crippen molar-refractivity contribution in [1.29, 1.82) is 0 Å². The van der Waals surface area contributed by atoms with Gasteiger partial charge < -0.3 is 18.2 Å². The maximum Gasteiger partial charge on any atom is 0.143 e. The second-order valence-electron chi connectivity index (χ2n) is 14.5. The Bertz CT molecular complexity index is 3490. The molecule has 0 unspecified atom stereocenters. The largest absolute Gasteiger partial charge is 0.456 e. The van der Waals surface area contributed by atoms with Crippen LogP contribution in [-0.4, -0.2) is 0 Å². The first kappa shape index (κ1) is 30.9. The number of hydrogen-bond donors (Lipinski definition) is 0. The first-order valence-corrected chi connectivity index (χ1v) is 18.9. The van der Waals surface area contributed by atoms with E-state index in [0.717, 1.165) is 111 Å². The van der Waals surface area contributed by atoms with Gasteiger partial charge in [-0.2, -0.15) is 0 Å². The lowest BCUT2D eigenvalue weighted by atomic mass is 9.98. The van der Waals surface area contributed by atoms with Gasteiger partial charge in [0.2, 0.25) is 0 Å². The topological polar surface area (TPSA) is 42.7 Å². The van der Waals surface area contributed by atoms with Crippen LogP contribution in [0.3, 0.4) is 0 Å². The lowest BCUT2D eigenvalue weighted by Gasteiger charge is -2.28. The Balaban J connectivity index is 1.02. The molecule has 4 heteroatoms. The van der Waals surface area contributed by atoms with E-state index < -0.39 is 0 Å². The van der Waals surface area contributed by atoms with Crippen LogP contribution in [0.4, 0.5) is 17.1 Å². The molecule has 12 rings (SSSR count). The molecule has 12 aromatic rings. The Morgan fingerprint density at radius 2 is 0.875 bits per heavy atom. The number of para-hydroxylation sites is 3. The average molecular weight is 718 g/mol. The molecule has 0 fully saturated rings. The number of rotatable bonds is 5. The highest BCUT2D eigenvalue weighted by molar-refractivity contribution is 6.16. The summed E-state index contributed by atoms with van der Waals surface area (Å²) in [6.07, 6.45) is 0. The first-order chi connectivity index (χ1) is 27.7. The van der Waals surface area contributed by atoms with Gasteiger partial charge in [0.15, 0.2) is 0 Å². The molecule has 0 amide bonds. The van der Waals surface area contributed by atoms with Crippen LogP contribution < -0.4 is 4.90 Å². The normalized spacial score (nSPS) is 11.9. The molecule has 0 saturated carbocycles. The third-order valence-corrected chi connectivity index (χ3v) is 11.3. The quantitative estimate of drug-likeness (QED) is 0.178. The average Bonchev–Trinajstić information content (AvgIpc) is 3.95. The highest BCUT2D eigenvalue weighted by Crippen LogP contribution is 2.45. The summed E-state index contributed by atoms with van der Waals surface area (Å²) in [5, 5.41) is 8.94. The summed E-state index contributed by atoms with van der Waals surface area (Å²) in [6, 6.07) is 66.3. The molecule has 0 saturated heterocycles. The number of furan rings is 3. The molecule has 3 heterocycles. The fraction of sp³-hybridized carbons (Fsp3) is 0. The van der Waals surface area contributed by atoms with E-state index >= 15 is 0 Å². The van der Waals surface area contributed by atoms with Crippen molar-refractivity contribution in [1.82, 2.24) is 0 Å². The van der Waals surface area contributed by atoms with Crippen LogP contribution in [0.2, 0.25) is 0 Å². The van der Waals surface area contributed by atoms with Gasteiger partial charge in [-0.1, -0.05) is 109 Å². The van der Waals surface area contributed by atoms with Crippen molar-refractivity contribution < 1.29 is 13.3 Å². The maximum atomic E-state index is 6.50. The molecule has 3 aromatic heterocycles. The Labute approximate surface area is 321 Å². The highest BCUT2D eigenvalue weighted by atomic mass is 16.3. The minimum Gasteiger partial charge on any atom is -0.456 e. The number of benzene rings is 9. The van der Waals surface area contributed by atoms with Crippen LogP contribution in [0.15, 0.2) is 201 Å². The fourth-order valence-electron chi connectivity index (χ4n) is 8.57. The summed E-state index contributed by atoms with van der Waals surface area (Å²) < 4.78 is 19.0. The van der Waals surface area contributed by atoms with E-state index in [1.54, 1.807) is 0 Å². The van der Waals surface area contributed by atoms with Gasteiger partial charge in [0.1, 0.15) is 33.5 Å². The molecule has 0 aliphatic rings. The van der Waals surface area contributed by atoms with Crippen molar-refractivity contribution in [3.05, 3.63) is 188 Å². The van der Waals surface area contributed by atoms with E-state index in [0.29, 0.717) is 0 Å². The van der Waals surface area contributed by atoms with Crippen LogP contribution >= 0.6 is 0 Å². The molecule has 0 bridgehead atoms. The van der Waals surface area contributed by atoms with Crippen molar-refractivity contribution in [3.63, 3.8) is 0 Å². The van der Waals surface area contributed by atoms with Gasteiger partial charge in [-0.3, -0.25) is 0 Å². The smallest absolute Gasteiger partial charge is 0.143 e. The SMILES string of the molecule is c1ccc(N(c2ccc(-c3ccc4c(c3)oc3ccccc34)cc2)c2ccc3oc4ccccc4c3c2)c(-c2ccc3oc4c5ccccc5ccc4c3c2)c1. The lowest BCUT2D eigenvalue weighted by molar-refractivity contribution is 0.668. The monoisotopic (exact) mass is 717 g/mol. The van der Waals surface area contributed by atoms with Crippen LogP contribution in [0.1, 0.15) is 0 Å². The predicted molar refractivity (Wildman–Crippen MR) is 231 cm³/mol. The van der Waals surface area contributed by atoms with Crippen LogP contribution in [0, 0.1) is 0 Å². The van der Waals surface area contributed by atoms with Gasteiger partial charge in [-0.05, 0) is 101 Å². The third kappa shape index (κ3) is 4.73. The van der Waals surface area contributed by atoms with E-state index in [2.05, 4.69) is 169 Å². The Morgan fingerprint density at radius 1 is 0.304 bits per heavy atom. The highest BCUT2D eigenvalue weighted by Gasteiger charge is 2.20. The van der Waals surface area contributed by atoms with Crippen molar-refractivity contribution in [2.75, 3.05) is 4.90 Å². The Morgan fingerprint density at radius 3 is 1.73 bits per heavy atom. The molecule has 0 spiro atoms. The van der Waals surface area contributed by atoms with Crippen molar-refractivity contribution in [2.45, 2.75) is 0 Å². The zero-order chi connectivity index (χ0) is 36.7. The molecular formula is C52H31NO3. The molecule has 0 N–H and O–H groups in total. The van der Waals surface area contributed by atoms with Crippen molar-refractivity contribution >= 4 is 93.7 Å². The molecular weight excluding hydrogens is 687 g/mol. The molecule has 9 aromatic carbocycles. The van der Waals surface area contributed by atoms with Gasteiger partial charge in [-0.15, -0.1) is 0 Å². The van der Waals surface area contributed by atoms with E-state index in [1.165, 1.54) is 5.39 Å². The summed E-state index contributed by atoms with van der Waals surface area (Å²) in [5.74, 6) is 0. The molecule has 262 valence electrons. The maximum absolute atomic E-state index is 6.50. The zero-order valence-electron chi connectivity index (χ0n) is 30.1. The molecule has 4 nitrogen and oxygen atoms in total. The minimum atomic E-state index is 0.865. The van der Waals surface area contributed by atoms with E-state index in [-0.39, 0.29) is 0 Å². The van der Waals surface area contributed by atoms with Crippen LogP contribution in [0.5, 0.6) is 0 Å². The summed E-state index contributed by atoms with van der Waals surface area (Å²) in [6.45, 7) is 0. The fourth-order valence-corrected chi connectivity index (χ4v) is 8.57. The number of fused-ring (bicyclic) bond motifs is 11. The summed E-state index contributed by atoms with van der Waals surface area (Å²) in [7, 11) is 0. The van der Waals surface area contributed by atoms with E-state index in [1.807, 2.05) is 24.3 Å². The van der Waals surface area contributed by atoms with Gasteiger partial charge in [0, 0.05) is 54.6 Å². The Kier molecular flexibility index (Phi) is 6.60. The van der Waals surface area contributed by atoms with Crippen LogP contribution in [0.25, 0.3) is 98.8 Å². The standard InChI is InChI=1S/C52H31NO3/c1-2-11-39-33(9-1)19-26-43-44-29-35(21-27-50(44)56-52(39)43)38-10-3-6-14-46(38)53(37-24-28-49-45(31-37)41-13-5-8-16-48(41)54-49)36-22-17-32(18-23-36)34-20-25-42-40-12-4-7-15-47(40)55-51(42)30-34/h1-31H. The number of nitrogens with zero attached hydrogens (tertiary/aromatic N) is 1. The van der Waals surface area contributed by atoms with E-state index in [9.17, 15) is 0 Å². The lowest BCUT2D eigenvalue weighted by Crippen LogP contribution is -2.11. The summed E-state index contributed by atoms with van der Waals surface area (Å²) in [5.41, 5.74) is 12.9. The second-order valence-corrected chi connectivity index (χ2v) is 14.5. The molecule has 56 heavy (non-hydrogen) atoms. The molecule has 0 radical (unpaired) electrons. The second kappa shape index (κ2) is 12.0. The van der Waals surface area contributed by atoms with Crippen LogP contribution in [-0.2, 0) is 0 Å². The minimum absolute atomic E-state index is 0.865. The van der Waals surface area contributed by atoms with Gasteiger partial charge in [0.05, 0.1) is 5.69 Å². The first-order valence-electron chi connectivity index (χ1n) is 18.9. The summed E-state index contributed by atoms with van der Waals surface area (Å²) in [4.78, 5) is 2.36.